The summed E-state index contributed by atoms with van der Waals surface area (Å²) in [6.45, 7) is 5.13. The summed E-state index contributed by atoms with van der Waals surface area (Å²) in [6, 6.07) is 7.51. The van der Waals surface area contributed by atoms with Crippen LogP contribution in [-0.4, -0.2) is 50.1 Å². The van der Waals surface area contributed by atoms with Crippen LogP contribution in [0.1, 0.15) is 25.6 Å². The summed E-state index contributed by atoms with van der Waals surface area (Å²) in [5.74, 6) is 1.29. The molecule has 144 valence electrons. The number of amides is 3. The zero-order valence-corrected chi connectivity index (χ0v) is 15.8. The maximum atomic E-state index is 12.2. The molecule has 2 aromatic heterocycles. The lowest BCUT2D eigenvalue weighted by atomic mass is 9.79. The average molecular weight is 379 g/mol. The lowest BCUT2D eigenvalue weighted by molar-refractivity contribution is -0.125. The van der Waals surface area contributed by atoms with E-state index in [1.165, 1.54) is 0 Å². The molecule has 2 N–H and O–H groups in total. The first-order valence-electron chi connectivity index (χ1n) is 9.46. The molecule has 28 heavy (non-hydrogen) atoms. The molecule has 9 heteroatoms. The highest BCUT2D eigenvalue weighted by atomic mass is 16.2. The summed E-state index contributed by atoms with van der Waals surface area (Å²) in [5, 5.41) is 10.7. The molecular weight excluding hydrogens is 358 g/mol. The largest absolute Gasteiger partial charge is 0.341 e. The molecule has 2 aliphatic heterocycles. The molecule has 1 atom stereocenters. The number of imide groups is 1. The third-order valence-corrected chi connectivity index (χ3v) is 5.93. The number of anilines is 1. The number of aromatic nitrogens is 4. The van der Waals surface area contributed by atoms with E-state index >= 15 is 0 Å². The van der Waals surface area contributed by atoms with Gasteiger partial charge in [0.25, 0.3) is 5.91 Å². The van der Waals surface area contributed by atoms with Crippen molar-refractivity contribution in [2.24, 2.45) is 5.92 Å². The summed E-state index contributed by atoms with van der Waals surface area (Å²) >= 11 is 0. The van der Waals surface area contributed by atoms with Crippen molar-refractivity contribution < 1.29 is 9.59 Å². The third-order valence-electron chi connectivity index (χ3n) is 5.93. The molecule has 1 aromatic carbocycles. The van der Waals surface area contributed by atoms with Crippen molar-refractivity contribution in [2.45, 2.75) is 32.2 Å². The molecule has 9 nitrogen and oxygen atoms in total. The number of hydrogen-bond donors (Lipinski definition) is 2. The Hall–Kier alpha value is -3.23. The van der Waals surface area contributed by atoms with Gasteiger partial charge in [0.05, 0.1) is 5.52 Å². The molecular formula is C19H21N7O2. The monoisotopic (exact) mass is 379 g/mol. The van der Waals surface area contributed by atoms with Crippen LogP contribution < -0.4 is 15.5 Å². The van der Waals surface area contributed by atoms with Gasteiger partial charge in [-0.1, -0.05) is 12.1 Å². The lowest BCUT2D eigenvalue weighted by Crippen LogP contribution is -2.54. The Morgan fingerprint density at radius 2 is 1.89 bits per heavy atom. The van der Waals surface area contributed by atoms with Crippen LogP contribution in [0.15, 0.2) is 24.3 Å². The van der Waals surface area contributed by atoms with Crippen LogP contribution in [-0.2, 0) is 4.79 Å². The van der Waals surface area contributed by atoms with Crippen molar-refractivity contribution in [2.75, 3.05) is 18.0 Å². The first-order valence-corrected chi connectivity index (χ1v) is 9.46. The zero-order valence-electron chi connectivity index (χ0n) is 15.8. The quantitative estimate of drug-likeness (QED) is 0.652. The summed E-state index contributed by atoms with van der Waals surface area (Å²) in [4.78, 5) is 35.4. The topological polar surface area (TPSA) is 105 Å². The Bertz CT molecular complexity index is 1120. The van der Waals surface area contributed by atoms with Crippen molar-refractivity contribution in [3.05, 3.63) is 30.1 Å². The molecule has 0 spiro atoms. The van der Waals surface area contributed by atoms with Gasteiger partial charge in [-0.3, -0.25) is 10.1 Å². The summed E-state index contributed by atoms with van der Waals surface area (Å²) in [6.07, 6.45) is 1.54. The van der Waals surface area contributed by atoms with E-state index in [0.29, 0.717) is 5.82 Å². The van der Waals surface area contributed by atoms with E-state index in [0.717, 1.165) is 48.4 Å². The Morgan fingerprint density at radius 3 is 2.61 bits per heavy atom. The Labute approximate surface area is 161 Å². The van der Waals surface area contributed by atoms with Crippen molar-refractivity contribution in [3.63, 3.8) is 0 Å². The molecule has 4 heterocycles. The van der Waals surface area contributed by atoms with Crippen LogP contribution in [0.2, 0.25) is 0 Å². The van der Waals surface area contributed by atoms with Gasteiger partial charge >= 0.3 is 6.03 Å². The van der Waals surface area contributed by atoms with E-state index in [-0.39, 0.29) is 11.8 Å². The standard InChI is InChI=1S/C19H21N7O2/c1-11-20-15-13-5-3-4-6-14(13)21-18(26(15)24-11)25-9-7-12(8-10-25)19(2)16(27)22-17(28)23-19/h3-6,12H,7-10H2,1-2H3,(H2,22,23,27,28). The fourth-order valence-electron chi connectivity index (χ4n) is 4.35. The molecule has 3 amide bonds. The molecule has 0 bridgehead atoms. The predicted molar refractivity (Wildman–Crippen MR) is 103 cm³/mol. The van der Waals surface area contributed by atoms with Gasteiger partial charge < -0.3 is 10.2 Å². The second-order valence-corrected chi connectivity index (χ2v) is 7.70. The summed E-state index contributed by atoms with van der Waals surface area (Å²) < 4.78 is 1.81. The summed E-state index contributed by atoms with van der Waals surface area (Å²) in [7, 11) is 0. The molecule has 1 unspecified atom stereocenters. The van der Waals surface area contributed by atoms with Crippen molar-refractivity contribution >= 4 is 34.4 Å². The van der Waals surface area contributed by atoms with Gasteiger partial charge in [0.15, 0.2) is 5.65 Å². The van der Waals surface area contributed by atoms with Gasteiger partial charge in [0, 0.05) is 18.5 Å². The lowest BCUT2D eigenvalue weighted by Gasteiger charge is -2.38. The Morgan fingerprint density at radius 1 is 1.14 bits per heavy atom. The van der Waals surface area contributed by atoms with E-state index in [2.05, 4.69) is 25.6 Å². The van der Waals surface area contributed by atoms with E-state index in [1.807, 2.05) is 35.7 Å². The van der Waals surface area contributed by atoms with Crippen molar-refractivity contribution in [1.82, 2.24) is 30.2 Å². The first kappa shape index (κ1) is 16.9. The van der Waals surface area contributed by atoms with Gasteiger partial charge in [-0.2, -0.15) is 4.52 Å². The number of urea groups is 1. The second-order valence-electron chi connectivity index (χ2n) is 7.70. The fraction of sp³-hybridized carbons (Fsp3) is 0.421. The highest BCUT2D eigenvalue weighted by Crippen LogP contribution is 2.33. The van der Waals surface area contributed by atoms with E-state index < -0.39 is 11.6 Å². The number of carbonyl (C=O) groups is 2. The number of benzene rings is 1. The maximum absolute atomic E-state index is 12.2. The SMILES string of the molecule is Cc1nc2c3ccccc3nc(N3CCC(C4(C)NC(=O)NC4=O)CC3)n2n1. The number of nitrogens with one attached hydrogen (secondary N) is 2. The number of rotatable bonds is 2. The molecule has 0 radical (unpaired) electrons. The molecule has 2 saturated heterocycles. The van der Waals surface area contributed by atoms with Crippen LogP contribution in [0, 0.1) is 12.8 Å². The van der Waals surface area contributed by atoms with Crippen LogP contribution in [0.4, 0.5) is 10.7 Å². The smallest absolute Gasteiger partial charge is 0.322 e. The number of fused-ring (bicyclic) bond motifs is 3. The Kier molecular flexibility index (Phi) is 3.55. The number of aryl methyl sites for hydroxylation is 1. The van der Waals surface area contributed by atoms with Crippen molar-refractivity contribution in [3.8, 4) is 0 Å². The average Bonchev–Trinajstić information content (AvgIpc) is 3.20. The number of nitrogens with zero attached hydrogens (tertiary/aromatic N) is 5. The number of hydrogen-bond acceptors (Lipinski definition) is 6. The predicted octanol–water partition coefficient (Wildman–Crippen LogP) is 1.40. The summed E-state index contributed by atoms with van der Waals surface area (Å²) in [5.41, 5.74) is 0.836. The number of carbonyl (C=O) groups excluding carboxylic acids is 2. The fourth-order valence-corrected chi connectivity index (χ4v) is 4.35. The van der Waals surface area contributed by atoms with Gasteiger partial charge in [0.2, 0.25) is 5.95 Å². The van der Waals surface area contributed by atoms with Crippen LogP contribution in [0.25, 0.3) is 16.6 Å². The van der Waals surface area contributed by atoms with Crippen LogP contribution in [0.5, 0.6) is 0 Å². The minimum atomic E-state index is -0.848. The Balaban J connectivity index is 1.47. The van der Waals surface area contributed by atoms with E-state index in [1.54, 1.807) is 6.92 Å². The molecule has 0 saturated carbocycles. The van der Waals surface area contributed by atoms with E-state index in [9.17, 15) is 9.59 Å². The molecule has 2 aliphatic rings. The van der Waals surface area contributed by atoms with Crippen molar-refractivity contribution in [1.29, 1.82) is 0 Å². The molecule has 3 aromatic rings. The highest BCUT2D eigenvalue weighted by molar-refractivity contribution is 6.07. The van der Waals surface area contributed by atoms with Gasteiger partial charge in [-0.15, -0.1) is 5.10 Å². The number of piperidine rings is 1. The molecule has 2 fully saturated rings. The second kappa shape index (κ2) is 5.88. The number of para-hydroxylation sites is 1. The minimum Gasteiger partial charge on any atom is -0.341 e. The zero-order chi connectivity index (χ0) is 19.5. The van der Waals surface area contributed by atoms with Gasteiger partial charge in [-0.05, 0) is 44.7 Å². The van der Waals surface area contributed by atoms with Gasteiger partial charge in [-0.25, -0.2) is 14.8 Å². The normalized spacial score (nSPS) is 23.4. The van der Waals surface area contributed by atoms with Gasteiger partial charge in [0.1, 0.15) is 11.4 Å². The first-order chi connectivity index (χ1) is 13.5. The third kappa shape index (κ3) is 2.42. The minimum absolute atomic E-state index is 0.0728. The van der Waals surface area contributed by atoms with E-state index in [4.69, 9.17) is 4.98 Å². The molecule has 0 aliphatic carbocycles. The van der Waals surface area contributed by atoms with Crippen LogP contribution >= 0.6 is 0 Å². The van der Waals surface area contributed by atoms with Crippen LogP contribution in [0.3, 0.4) is 0 Å². The molecule has 5 rings (SSSR count). The maximum Gasteiger partial charge on any atom is 0.322 e. The highest BCUT2D eigenvalue weighted by Gasteiger charge is 2.48.